The number of morpholine rings is 1. The van der Waals surface area contributed by atoms with Crippen LogP contribution in [0, 0.1) is 0 Å². The van der Waals surface area contributed by atoms with Crippen LogP contribution in [0.15, 0.2) is 78.2 Å². The summed E-state index contributed by atoms with van der Waals surface area (Å²) in [6, 6.07) is 22.0. The molecule has 3 amide bonds. The molecule has 0 aliphatic carbocycles. The van der Waals surface area contributed by atoms with Crippen molar-refractivity contribution in [3.8, 4) is 22.8 Å². The van der Waals surface area contributed by atoms with Crippen molar-refractivity contribution >= 4 is 29.1 Å². The lowest BCUT2D eigenvalue weighted by molar-refractivity contribution is -0.123. The summed E-state index contributed by atoms with van der Waals surface area (Å²) < 4.78 is 17.7. The van der Waals surface area contributed by atoms with Crippen LogP contribution in [-0.4, -0.2) is 90.7 Å². The average molecular weight is 654 g/mol. The maximum Gasteiger partial charge on any atom is 0.258 e. The van der Waals surface area contributed by atoms with Crippen LogP contribution in [0.3, 0.4) is 0 Å². The predicted molar refractivity (Wildman–Crippen MR) is 175 cm³/mol. The van der Waals surface area contributed by atoms with Crippen LogP contribution in [-0.2, 0) is 22.6 Å². The van der Waals surface area contributed by atoms with E-state index in [0.29, 0.717) is 63.8 Å². The molecule has 5 heterocycles. The van der Waals surface area contributed by atoms with E-state index in [2.05, 4.69) is 20.9 Å². The van der Waals surface area contributed by atoms with E-state index in [1.54, 1.807) is 34.4 Å². The van der Waals surface area contributed by atoms with Crippen molar-refractivity contribution in [1.82, 2.24) is 25.4 Å². The molecule has 4 bridgehead atoms. The van der Waals surface area contributed by atoms with E-state index in [-0.39, 0.29) is 47.8 Å². The number of ether oxygens (including phenoxy) is 3. The summed E-state index contributed by atoms with van der Waals surface area (Å²) in [5.74, 6) is 0.0144. The molecule has 0 radical (unpaired) electrons. The van der Waals surface area contributed by atoms with Crippen molar-refractivity contribution in [2.24, 2.45) is 0 Å². The molecule has 12 heteroatoms. The van der Waals surface area contributed by atoms with Gasteiger partial charge in [0.1, 0.15) is 22.6 Å². The number of rotatable bonds is 4. The second kappa shape index (κ2) is 13.9. The molecule has 8 rings (SSSR count). The summed E-state index contributed by atoms with van der Waals surface area (Å²) in [6.45, 7) is 3.60. The fourth-order valence-electron chi connectivity index (χ4n) is 5.95. The third-order valence-corrected chi connectivity index (χ3v) is 9.26. The molecule has 0 saturated carbocycles. The molecule has 2 saturated heterocycles. The Morgan fingerprint density at radius 1 is 0.936 bits per heavy atom. The SMILES string of the molecule is O=C1COc2cc(cc(C(=O)N3CCOCC3)c2)C(=O)N[C@H]2CN(Cc3nc(-c4ccccc4)cs3)C[C@@H]2Oc2ccc(cc2)CN1. The number of hydrogen-bond donors (Lipinski definition) is 2. The van der Waals surface area contributed by atoms with Crippen molar-refractivity contribution < 1.29 is 28.6 Å². The van der Waals surface area contributed by atoms with Gasteiger partial charge in [-0.05, 0) is 35.9 Å². The van der Waals surface area contributed by atoms with Gasteiger partial charge >= 0.3 is 0 Å². The van der Waals surface area contributed by atoms with Crippen LogP contribution >= 0.6 is 11.3 Å². The molecule has 2 atom stereocenters. The number of likely N-dealkylation sites (tertiary alicyclic amines) is 1. The fraction of sp³-hybridized carbons (Fsp3) is 0.314. The first-order valence-corrected chi connectivity index (χ1v) is 16.5. The number of amides is 3. The molecule has 242 valence electrons. The van der Waals surface area contributed by atoms with E-state index in [1.165, 1.54) is 0 Å². The number of nitrogens with one attached hydrogen (secondary N) is 2. The molecule has 4 aromatic rings. The number of benzene rings is 3. The van der Waals surface area contributed by atoms with Gasteiger partial charge in [-0.3, -0.25) is 19.3 Å². The highest BCUT2D eigenvalue weighted by Gasteiger charge is 2.36. The van der Waals surface area contributed by atoms with E-state index in [1.807, 2.05) is 54.6 Å². The molecule has 1 aromatic heterocycles. The maximum atomic E-state index is 13.9. The first kappa shape index (κ1) is 30.9. The summed E-state index contributed by atoms with van der Waals surface area (Å²) >= 11 is 1.61. The van der Waals surface area contributed by atoms with Crippen molar-refractivity contribution in [3.05, 3.63) is 99.9 Å². The van der Waals surface area contributed by atoms with Crippen LogP contribution in [0.2, 0.25) is 0 Å². The highest BCUT2D eigenvalue weighted by Crippen LogP contribution is 2.26. The first-order chi connectivity index (χ1) is 23.0. The minimum absolute atomic E-state index is 0.226. The van der Waals surface area contributed by atoms with Gasteiger partial charge in [-0.1, -0.05) is 42.5 Å². The zero-order valence-corrected chi connectivity index (χ0v) is 26.5. The molecule has 0 unspecified atom stereocenters. The van der Waals surface area contributed by atoms with Gasteiger partial charge in [0.15, 0.2) is 6.61 Å². The van der Waals surface area contributed by atoms with Crippen LogP contribution in [0.4, 0.5) is 0 Å². The largest absolute Gasteiger partial charge is 0.487 e. The lowest BCUT2D eigenvalue weighted by Gasteiger charge is -2.27. The molecule has 0 spiro atoms. The zero-order chi connectivity index (χ0) is 32.2. The Morgan fingerprint density at radius 2 is 1.74 bits per heavy atom. The van der Waals surface area contributed by atoms with Gasteiger partial charge in [-0.25, -0.2) is 4.98 Å². The average Bonchev–Trinajstić information content (AvgIpc) is 3.73. The third kappa shape index (κ3) is 7.46. The Labute approximate surface area is 276 Å². The molecule has 11 nitrogen and oxygen atoms in total. The van der Waals surface area contributed by atoms with Gasteiger partial charge in [0.25, 0.3) is 17.7 Å². The minimum Gasteiger partial charge on any atom is -0.487 e. The summed E-state index contributed by atoms with van der Waals surface area (Å²) in [5, 5.41) is 9.07. The van der Waals surface area contributed by atoms with E-state index in [9.17, 15) is 14.4 Å². The summed E-state index contributed by atoms with van der Waals surface area (Å²) in [6.07, 6.45) is -0.345. The van der Waals surface area contributed by atoms with Crippen LogP contribution < -0.4 is 20.1 Å². The van der Waals surface area contributed by atoms with E-state index in [4.69, 9.17) is 19.2 Å². The topological polar surface area (TPSA) is 122 Å². The molecule has 2 fully saturated rings. The lowest BCUT2D eigenvalue weighted by Crippen LogP contribution is -2.45. The van der Waals surface area contributed by atoms with Gasteiger partial charge in [0.05, 0.1) is 31.5 Å². The van der Waals surface area contributed by atoms with Crippen molar-refractivity contribution in [1.29, 1.82) is 0 Å². The molecule has 4 aliphatic rings. The molecular weight excluding hydrogens is 618 g/mol. The highest BCUT2D eigenvalue weighted by atomic mass is 32.1. The molecule has 3 aromatic carbocycles. The number of fused-ring (bicyclic) bond motifs is 7. The highest BCUT2D eigenvalue weighted by molar-refractivity contribution is 7.09. The Bertz CT molecular complexity index is 1740. The van der Waals surface area contributed by atoms with E-state index < -0.39 is 0 Å². The molecule has 4 aliphatic heterocycles. The second-order valence-electron chi connectivity index (χ2n) is 11.8. The van der Waals surface area contributed by atoms with Gasteiger partial charge in [0.2, 0.25) is 0 Å². The number of thiazole rings is 1. The number of hydrogen-bond acceptors (Lipinski definition) is 9. The Balaban J connectivity index is 1.15. The van der Waals surface area contributed by atoms with E-state index >= 15 is 0 Å². The molecule has 2 N–H and O–H groups in total. The van der Waals surface area contributed by atoms with Crippen molar-refractivity contribution in [2.75, 3.05) is 46.0 Å². The summed E-state index contributed by atoms with van der Waals surface area (Å²) in [7, 11) is 0. The number of carbonyl (C=O) groups is 3. The third-order valence-electron chi connectivity index (χ3n) is 8.42. The van der Waals surface area contributed by atoms with E-state index in [0.717, 1.165) is 21.8 Å². The fourth-order valence-corrected chi connectivity index (χ4v) is 6.80. The van der Waals surface area contributed by atoms with Gasteiger partial charge in [-0.15, -0.1) is 11.3 Å². The number of carbonyl (C=O) groups excluding carboxylic acids is 3. The van der Waals surface area contributed by atoms with Crippen LogP contribution in [0.25, 0.3) is 11.3 Å². The number of aromatic nitrogens is 1. The normalized spacial score (nSPS) is 20.4. The summed E-state index contributed by atoms with van der Waals surface area (Å²) in [5.41, 5.74) is 3.49. The molecule has 47 heavy (non-hydrogen) atoms. The van der Waals surface area contributed by atoms with Crippen molar-refractivity contribution in [3.63, 3.8) is 0 Å². The maximum absolute atomic E-state index is 13.9. The zero-order valence-electron chi connectivity index (χ0n) is 25.7. The molecular formula is C35H35N5O6S. The standard InChI is InChI=1S/C35H35N5O6S/c41-32-21-45-28-15-25(14-26(16-28)35(43)40-10-12-44-13-11-40)34(42)38-29-18-39(19-31(29)46-27-8-6-23(7-9-27)17-36-32)20-33-37-30(22-47-33)24-4-2-1-3-5-24/h1-9,14-16,22,29,31H,10-13,17-21H2,(H,36,41)(H,38,42)/t29-,31-/m0/s1. The quantitative estimate of drug-likeness (QED) is 0.344. The van der Waals surface area contributed by atoms with Crippen LogP contribution in [0.5, 0.6) is 11.5 Å². The van der Waals surface area contributed by atoms with Gasteiger partial charge in [-0.2, -0.15) is 0 Å². The smallest absolute Gasteiger partial charge is 0.258 e. The van der Waals surface area contributed by atoms with Crippen LogP contribution in [0.1, 0.15) is 31.3 Å². The first-order valence-electron chi connectivity index (χ1n) is 15.7. The van der Waals surface area contributed by atoms with Crippen molar-refractivity contribution in [2.45, 2.75) is 25.2 Å². The van der Waals surface area contributed by atoms with Gasteiger partial charge in [0, 0.05) is 54.8 Å². The Morgan fingerprint density at radius 3 is 2.55 bits per heavy atom. The predicted octanol–water partition coefficient (Wildman–Crippen LogP) is 3.35. The minimum atomic E-state index is -0.364. The Hall–Kier alpha value is -4.78. The monoisotopic (exact) mass is 653 g/mol. The summed E-state index contributed by atoms with van der Waals surface area (Å²) in [4.78, 5) is 48.7. The number of nitrogens with zero attached hydrogens (tertiary/aromatic N) is 3. The Kier molecular flexibility index (Phi) is 9.14. The van der Waals surface area contributed by atoms with Gasteiger partial charge < -0.3 is 29.7 Å². The lowest BCUT2D eigenvalue weighted by atomic mass is 10.1. The second-order valence-corrected chi connectivity index (χ2v) is 12.7.